The normalized spacial score (nSPS) is 13.3. The molecule has 10 nitrogen and oxygen atoms in total. The Balaban J connectivity index is 1.30. The fourth-order valence-electron chi connectivity index (χ4n) is 4.10. The minimum atomic E-state index is -0.396. The van der Waals surface area contributed by atoms with Gasteiger partial charge in [0.05, 0.1) is 7.11 Å². The molecule has 0 saturated carbocycles. The number of urea groups is 1. The van der Waals surface area contributed by atoms with Gasteiger partial charge < -0.3 is 30.2 Å². The Kier molecular flexibility index (Phi) is 9.36. The van der Waals surface area contributed by atoms with E-state index in [-0.39, 0.29) is 11.6 Å². The lowest BCUT2D eigenvalue weighted by molar-refractivity contribution is 0.0957. The molecule has 1 saturated heterocycles. The number of carbonyl (C=O) groups excluding carboxylic acids is 2. The summed E-state index contributed by atoms with van der Waals surface area (Å²) in [4.78, 5) is 30.8. The number of nitrogens with zero attached hydrogens (tertiary/aromatic N) is 2. The molecule has 38 heavy (non-hydrogen) atoms. The molecule has 2 heterocycles. The van der Waals surface area contributed by atoms with Crippen molar-refractivity contribution in [2.45, 2.75) is 19.3 Å². The molecule has 3 aromatic rings. The van der Waals surface area contributed by atoms with Crippen LogP contribution in [0.25, 0.3) is 0 Å². The van der Waals surface area contributed by atoms with Gasteiger partial charge in [-0.15, -0.1) is 0 Å². The van der Waals surface area contributed by atoms with Gasteiger partial charge in [0.25, 0.3) is 5.91 Å². The van der Waals surface area contributed by atoms with Crippen molar-refractivity contribution in [3.63, 3.8) is 0 Å². The van der Waals surface area contributed by atoms with Crippen LogP contribution in [-0.2, 0) is 0 Å². The fraction of sp³-hybridized carbons (Fsp3) is 0.321. The maximum Gasteiger partial charge on any atom is 0.323 e. The molecular formula is C28H33N5O5. The standard InChI is InChI=1S/C28H33N5O5/c1-29-27(34)24-19-23(12-13-30-24)38-22-9-6-20(7-10-22)31-28(35)32-21-8-11-25(36-2)26(18-21)37-17-16-33-14-4-3-5-15-33/h6-13,18-19H,3-5,14-17H2,1-2H3,(H,29,34)(H2,31,32,35). The summed E-state index contributed by atoms with van der Waals surface area (Å²) in [6.45, 7) is 3.62. The summed E-state index contributed by atoms with van der Waals surface area (Å²) < 4.78 is 17.2. The molecule has 200 valence electrons. The van der Waals surface area contributed by atoms with Crippen LogP contribution in [0.3, 0.4) is 0 Å². The molecule has 1 aliphatic rings. The van der Waals surface area contributed by atoms with Gasteiger partial charge in [-0.1, -0.05) is 6.42 Å². The zero-order valence-electron chi connectivity index (χ0n) is 21.7. The van der Waals surface area contributed by atoms with Crippen molar-refractivity contribution in [3.05, 3.63) is 66.5 Å². The minimum Gasteiger partial charge on any atom is -0.493 e. The Hall–Kier alpha value is -4.31. The van der Waals surface area contributed by atoms with Gasteiger partial charge in [-0.3, -0.25) is 14.7 Å². The number of carbonyl (C=O) groups is 2. The van der Waals surface area contributed by atoms with E-state index < -0.39 is 6.03 Å². The smallest absolute Gasteiger partial charge is 0.323 e. The Bertz CT molecular complexity index is 1230. The zero-order chi connectivity index (χ0) is 26.7. The molecule has 0 bridgehead atoms. The number of hydrogen-bond acceptors (Lipinski definition) is 7. The highest BCUT2D eigenvalue weighted by Gasteiger charge is 2.12. The van der Waals surface area contributed by atoms with Crippen molar-refractivity contribution in [2.75, 3.05) is 51.0 Å². The van der Waals surface area contributed by atoms with Gasteiger partial charge in [0.2, 0.25) is 0 Å². The molecule has 1 aromatic heterocycles. The number of amides is 3. The summed E-state index contributed by atoms with van der Waals surface area (Å²) in [5, 5.41) is 8.15. The molecule has 3 amide bonds. The van der Waals surface area contributed by atoms with Crippen molar-refractivity contribution in [1.29, 1.82) is 0 Å². The van der Waals surface area contributed by atoms with E-state index in [2.05, 4.69) is 25.8 Å². The van der Waals surface area contributed by atoms with Crippen LogP contribution < -0.4 is 30.2 Å². The summed E-state index contributed by atoms with van der Waals surface area (Å²) >= 11 is 0. The summed E-state index contributed by atoms with van der Waals surface area (Å²) in [5.41, 5.74) is 1.43. The highest BCUT2D eigenvalue weighted by atomic mass is 16.5. The number of piperidine rings is 1. The molecule has 0 spiro atoms. The van der Waals surface area contributed by atoms with Gasteiger partial charge in [-0.25, -0.2) is 4.79 Å². The molecule has 1 aliphatic heterocycles. The third kappa shape index (κ3) is 7.59. The van der Waals surface area contributed by atoms with Gasteiger partial charge in [-0.05, 0) is 68.4 Å². The third-order valence-corrected chi connectivity index (χ3v) is 6.07. The van der Waals surface area contributed by atoms with Crippen molar-refractivity contribution < 1.29 is 23.8 Å². The van der Waals surface area contributed by atoms with Crippen molar-refractivity contribution in [3.8, 4) is 23.0 Å². The molecule has 0 radical (unpaired) electrons. The Labute approximate surface area is 222 Å². The Morgan fingerprint density at radius 2 is 1.63 bits per heavy atom. The molecule has 2 aromatic carbocycles. The average Bonchev–Trinajstić information content (AvgIpc) is 2.94. The van der Waals surface area contributed by atoms with Crippen molar-refractivity contribution in [2.24, 2.45) is 0 Å². The number of hydrogen-bond donors (Lipinski definition) is 3. The molecule has 1 fully saturated rings. The predicted octanol–water partition coefficient (Wildman–Crippen LogP) is 4.75. The fourth-order valence-corrected chi connectivity index (χ4v) is 4.10. The van der Waals surface area contributed by atoms with Crippen LogP contribution in [0.15, 0.2) is 60.8 Å². The summed E-state index contributed by atoms with van der Waals surface area (Å²) in [7, 11) is 3.13. The van der Waals surface area contributed by atoms with Crippen LogP contribution in [0.4, 0.5) is 16.2 Å². The van der Waals surface area contributed by atoms with Gasteiger partial charge in [0.1, 0.15) is 23.8 Å². The maximum atomic E-state index is 12.6. The number of benzene rings is 2. The minimum absolute atomic E-state index is 0.258. The number of ether oxygens (including phenoxy) is 3. The molecular weight excluding hydrogens is 486 g/mol. The van der Waals surface area contributed by atoms with Crippen LogP contribution in [0, 0.1) is 0 Å². The summed E-state index contributed by atoms with van der Waals surface area (Å²) in [6, 6.07) is 15.0. The van der Waals surface area contributed by atoms with Crippen molar-refractivity contribution in [1.82, 2.24) is 15.2 Å². The van der Waals surface area contributed by atoms with Gasteiger partial charge >= 0.3 is 6.03 Å². The van der Waals surface area contributed by atoms with E-state index in [1.807, 2.05) is 0 Å². The largest absolute Gasteiger partial charge is 0.493 e. The highest BCUT2D eigenvalue weighted by Crippen LogP contribution is 2.30. The van der Waals surface area contributed by atoms with Crippen LogP contribution in [0.2, 0.25) is 0 Å². The maximum absolute atomic E-state index is 12.6. The lowest BCUT2D eigenvalue weighted by Crippen LogP contribution is -2.33. The molecule has 3 N–H and O–H groups in total. The Morgan fingerprint density at radius 1 is 0.895 bits per heavy atom. The van der Waals surface area contributed by atoms with Crippen LogP contribution >= 0.6 is 0 Å². The highest BCUT2D eigenvalue weighted by molar-refractivity contribution is 6.00. The van der Waals surface area contributed by atoms with E-state index in [0.29, 0.717) is 41.0 Å². The van der Waals surface area contributed by atoms with E-state index in [9.17, 15) is 9.59 Å². The van der Waals surface area contributed by atoms with E-state index in [1.54, 1.807) is 61.7 Å². The SMILES string of the molecule is CNC(=O)c1cc(Oc2ccc(NC(=O)Nc3ccc(OC)c(OCCN4CCCCC4)c3)cc2)ccn1. The third-order valence-electron chi connectivity index (χ3n) is 6.07. The van der Waals surface area contributed by atoms with Crippen LogP contribution in [-0.4, -0.2) is 62.2 Å². The number of likely N-dealkylation sites (tertiary alicyclic amines) is 1. The lowest BCUT2D eigenvalue weighted by Gasteiger charge is -2.26. The van der Waals surface area contributed by atoms with Crippen molar-refractivity contribution >= 4 is 23.3 Å². The van der Waals surface area contributed by atoms with E-state index in [0.717, 1.165) is 19.6 Å². The molecule has 0 unspecified atom stereocenters. The second-order valence-corrected chi connectivity index (χ2v) is 8.78. The number of pyridine rings is 1. The molecule has 0 aliphatic carbocycles. The first kappa shape index (κ1) is 26.7. The summed E-state index contributed by atoms with van der Waals surface area (Å²) in [6.07, 6.45) is 5.27. The molecule has 10 heteroatoms. The topological polar surface area (TPSA) is 114 Å². The van der Waals surface area contributed by atoms with Crippen LogP contribution in [0.5, 0.6) is 23.0 Å². The number of rotatable bonds is 10. The number of aromatic nitrogens is 1. The molecule has 0 atom stereocenters. The quantitative estimate of drug-likeness (QED) is 0.354. The lowest BCUT2D eigenvalue weighted by atomic mass is 10.1. The van der Waals surface area contributed by atoms with Gasteiger partial charge in [0.15, 0.2) is 11.5 Å². The van der Waals surface area contributed by atoms with E-state index in [1.165, 1.54) is 32.5 Å². The first-order valence-corrected chi connectivity index (χ1v) is 12.6. The number of methoxy groups -OCH3 is 1. The van der Waals surface area contributed by atoms with E-state index in [4.69, 9.17) is 14.2 Å². The van der Waals surface area contributed by atoms with Gasteiger partial charge in [-0.2, -0.15) is 0 Å². The molecule has 4 rings (SSSR count). The van der Waals surface area contributed by atoms with Crippen LogP contribution in [0.1, 0.15) is 29.8 Å². The zero-order valence-corrected chi connectivity index (χ0v) is 21.7. The predicted molar refractivity (Wildman–Crippen MR) is 146 cm³/mol. The Morgan fingerprint density at radius 3 is 2.37 bits per heavy atom. The second-order valence-electron chi connectivity index (χ2n) is 8.78. The number of anilines is 2. The average molecular weight is 520 g/mol. The summed E-state index contributed by atoms with van der Waals surface area (Å²) in [5.74, 6) is 1.92. The first-order chi connectivity index (χ1) is 18.5. The van der Waals surface area contributed by atoms with Gasteiger partial charge in [0, 0.05) is 43.3 Å². The van der Waals surface area contributed by atoms with E-state index >= 15 is 0 Å². The second kappa shape index (κ2) is 13.3. The number of nitrogens with one attached hydrogen (secondary N) is 3. The first-order valence-electron chi connectivity index (χ1n) is 12.6. The monoisotopic (exact) mass is 519 g/mol.